The summed E-state index contributed by atoms with van der Waals surface area (Å²) in [5, 5.41) is 22.7. The maximum absolute atomic E-state index is 14.4. The third-order valence-electron chi connectivity index (χ3n) is 4.56. The van der Waals surface area contributed by atoms with Crippen LogP contribution in [0.4, 0.5) is 14.5 Å². The van der Waals surface area contributed by atoms with Crippen LogP contribution in [-0.2, 0) is 0 Å². The minimum absolute atomic E-state index is 0.156. The molecule has 24 heavy (non-hydrogen) atoms. The zero-order valence-electron chi connectivity index (χ0n) is 14.3. The minimum Gasteiger partial charge on any atom is -0.508 e. The molecule has 136 valence electrons. The minimum atomic E-state index is -3.33. The standard InChI is InChI=1S/C17H27F2N3O2/c1-3-21(4-2)13-5-6-14(15(24)11-13)16(17(18,19)12-23)22-9-7-20-8-10-22/h5-6,11,16,20,23-24H,3-4,7-10,12H2,1-2H3/t16-/m0/s1. The number of alkyl halides is 2. The van der Waals surface area contributed by atoms with Gasteiger partial charge in [0, 0.05) is 56.6 Å². The van der Waals surface area contributed by atoms with Crippen LogP contribution in [0.1, 0.15) is 25.5 Å². The van der Waals surface area contributed by atoms with E-state index >= 15 is 0 Å². The lowest BCUT2D eigenvalue weighted by molar-refractivity contribution is -0.119. The molecule has 1 fully saturated rings. The van der Waals surface area contributed by atoms with E-state index in [4.69, 9.17) is 0 Å². The Hall–Kier alpha value is -1.44. The van der Waals surface area contributed by atoms with E-state index in [1.165, 1.54) is 6.07 Å². The lowest BCUT2D eigenvalue weighted by Gasteiger charge is -2.39. The number of aromatic hydroxyl groups is 1. The summed E-state index contributed by atoms with van der Waals surface area (Å²) in [7, 11) is 0. The topological polar surface area (TPSA) is 59.0 Å². The molecule has 3 N–H and O–H groups in total. The molecule has 0 spiro atoms. The first kappa shape index (κ1) is 18.9. The Balaban J connectivity index is 2.38. The fourth-order valence-electron chi connectivity index (χ4n) is 3.27. The van der Waals surface area contributed by atoms with Crippen molar-refractivity contribution in [2.75, 3.05) is 50.8 Å². The zero-order chi connectivity index (χ0) is 17.7. The number of hydrogen-bond acceptors (Lipinski definition) is 5. The summed E-state index contributed by atoms with van der Waals surface area (Å²) in [6.45, 7) is 6.38. The van der Waals surface area contributed by atoms with Gasteiger partial charge in [-0.2, -0.15) is 0 Å². The number of phenolic OH excluding ortho intramolecular Hbond substituents is 1. The zero-order valence-corrected chi connectivity index (χ0v) is 14.3. The van der Waals surface area contributed by atoms with Crippen LogP contribution in [0.15, 0.2) is 18.2 Å². The number of aliphatic hydroxyl groups excluding tert-OH is 1. The van der Waals surface area contributed by atoms with Crippen LogP contribution in [-0.4, -0.2) is 66.9 Å². The average molecular weight is 343 g/mol. The van der Waals surface area contributed by atoms with E-state index in [0.717, 1.165) is 18.8 Å². The number of rotatable bonds is 7. The summed E-state index contributed by atoms with van der Waals surface area (Å²) in [5.74, 6) is -3.48. The smallest absolute Gasteiger partial charge is 0.290 e. The van der Waals surface area contributed by atoms with Crippen molar-refractivity contribution in [1.29, 1.82) is 0 Å². The molecule has 1 aliphatic rings. The highest BCUT2D eigenvalue weighted by molar-refractivity contribution is 5.54. The molecular formula is C17H27F2N3O2. The molecule has 0 bridgehead atoms. The summed E-state index contributed by atoms with van der Waals surface area (Å²) in [6, 6.07) is 3.50. The van der Waals surface area contributed by atoms with Gasteiger partial charge >= 0.3 is 0 Å². The molecule has 0 aliphatic carbocycles. The monoisotopic (exact) mass is 343 g/mol. The van der Waals surface area contributed by atoms with E-state index in [0.29, 0.717) is 26.2 Å². The Morgan fingerprint density at radius 2 is 1.88 bits per heavy atom. The van der Waals surface area contributed by atoms with Crippen LogP contribution >= 0.6 is 0 Å². The normalized spacial score (nSPS) is 17.7. The van der Waals surface area contributed by atoms with Gasteiger partial charge in [0.2, 0.25) is 0 Å². The van der Waals surface area contributed by atoms with E-state index in [-0.39, 0.29) is 11.3 Å². The number of halogens is 2. The van der Waals surface area contributed by atoms with Crippen LogP contribution in [0.3, 0.4) is 0 Å². The number of aliphatic hydroxyl groups is 1. The fourth-order valence-corrected chi connectivity index (χ4v) is 3.27. The fraction of sp³-hybridized carbons (Fsp3) is 0.647. The van der Waals surface area contributed by atoms with Crippen molar-refractivity contribution in [1.82, 2.24) is 10.2 Å². The van der Waals surface area contributed by atoms with Crippen LogP contribution in [0.25, 0.3) is 0 Å². The van der Waals surface area contributed by atoms with Gasteiger partial charge < -0.3 is 20.4 Å². The predicted octanol–water partition coefficient (Wildman–Crippen LogP) is 1.81. The molecule has 1 saturated heterocycles. The van der Waals surface area contributed by atoms with Gasteiger partial charge in [-0.1, -0.05) is 6.07 Å². The molecule has 0 aromatic heterocycles. The second-order valence-corrected chi connectivity index (χ2v) is 6.02. The van der Waals surface area contributed by atoms with Crippen LogP contribution < -0.4 is 10.2 Å². The van der Waals surface area contributed by atoms with Crippen molar-refractivity contribution in [2.24, 2.45) is 0 Å². The number of nitrogens with one attached hydrogen (secondary N) is 1. The summed E-state index contributed by atoms with van der Waals surface area (Å²) in [6.07, 6.45) is 0. The molecule has 2 rings (SSSR count). The highest BCUT2D eigenvalue weighted by Crippen LogP contribution is 2.41. The maximum atomic E-state index is 14.4. The Morgan fingerprint density at radius 3 is 2.38 bits per heavy atom. The molecule has 1 atom stereocenters. The van der Waals surface area contributed by atoms with Crippen LogP contribution in [0, 0.1) is 0 Å². The number of nitrogens with zero attached hydrogens (tertiary/aromatic N) is 2. The van der Waals surface area contributed by atoms with Gasteiger partial charge in [0.25, 0.3) is 5.92 Å². The lowest BCUT2D eigenvalue weighted by atomic mass is 9.96. The molecule has 0 unspecified atom stereocenters. The number of anilines is 1. The van der Waals surface area contributed by atoms with Gasteiger partial charge in [0.1, 0.15) is 18.4 Å². The Labute approximate surface area is 141 Å². The van der Waals surface area contributed by atoms with Gasteiger partial charge in [0.05, 0.1) is 0 Å². The molecule has 5 nitrogen and oxygen atoms in total. The highest BCUT2D eigenvalue weighted by Gasteiger charge is 2.45. The molecule has 0 saturated carbocycles. The summed E-state index contributed by atoms with van der Waals surface area (Å²) in [4.78, 5) is 3.66. The third-order valence-corrected chi connectivity index (χ3v) is 4.56. The van der Waals surface area contributed by atoms with Gasteiger partial charge in [-0.25, -0.2) is 8.78 Å². The first-order chi connectivity index (χ1) is 11.4. The SMILES string of the molecule is CCN(CC)c1ccc([C@H](N2CCNCC2)C(F)(F)CO)c(O)c1. The largest absolute Gasteiger partial charge is 0.508 e. The van der Waals surface area contributed by atoms with Crippen molar-refractivity contribution < 1.29 is 19.0 Å². The van der Waals surface area contributed by atoms with Crippen molar-refractivity contribution in [3.05, 3.63) is 23.8 Å². The maximum Gasteiger partial charge on any atom is 0.290 e. The van der Waals surface area contributed by atoms with Gasteiger partial charge in [-0.05, 0) is 19.9 Å². The summed E-state index contributed by atoms with van der Waals surface area (Å²) in [5.41, 5.74) is 0.958. The molecule has 1 aliphatic heterocycles. The van der Waals surface area contributed by atoms with Gasteiger partial charge in [-0.3, -0.25) is 4.90 Å². The van der Waals surface area contributed by atoms with Crippen LogP contribution in [0.2, 0.25) is 0 Å². The molecule has 1 heterocycles. The van der Waals surface area contributed by atoms with Crippen molar-refractivity contribution >= 4 is 5.69 Å². The predicted molar refractivity (Wildman–Crippen MR) is 90.9 cm³/mol. The molecular weight excluding hydrogens is 316 g/mol. The quantitative estimate of drug-likeness (QED) is 0.705. The Morgan fingerprint density at radius 1 is 1.25 bits per heavy atom. The third kappa shape index (κ3) is 3.96. The Kier molecular flexibility index (Phi) is 6.37. The van der Waals surface area contributed by atoms with E-state index in [9.17, 15) is 19.0 Å². The van der Waals surface area contributed by atoms with E-state index in [1.54, 1.807) is 17.0 Å². The van der Waals surface area contributed by atoms with E-state index in [1.807, 2.05) is 18.7 Å². The second kappa shape index (κ2) is 8.09. The number of benzene rings is 1. The van der Waals surface area contributed by atoms with E-state index in [2.05, 4.69) is 5.32 Å². The molecule has 7 heteroatoms. The Bertz CT molecular complexity index is 533. The summed E-state index contributed by atoms with van der Waals surface area (Å²) >= 11 is 0. The number of hydrogen-bond donors (Lipinski definition) is 3. The van der Waals surface area contributed by atoms with E-state index < -0.39 is 18.6 Å². The number of piperazine rings is 1. The van der Waals surface area contributed by atoms with Crippen molar-refractivity contribution in [3.63, 3.8) is 0 Å². The average Bonchev–Trinajstić information content (AvgIpc) is 2.59. The second-order valence-electron chi connectivity index (χ2n) is 6.02. The van der Waals surface area contributed by atoms with Crippen molar-refractivity contribution in [2.45, 2.75) is 25.8 Å². The first-order valence-corrected chi connectivity index (χ1v) is 8.45. The molecule has 0 radical (unpaired) electrons. The lowest BCUT2D eigenvalue weighted by Crippen LogP contribution is -2.51. The highest BCUT2D eigenvalue weighted by atomic mass is 19.3. The van der Waals surface area contributed by atoms with Crippen molar-refractivity contribution in [3.8, 4) is 5.75 Å². The van der Waals surface area contributed by atoms with Gasteiger partial charge in [-0.15, -0.1) is 0 Å². The summed E-state index contributed by atoms with van der Waals surface area (Å²) < 4.78 is 28.9. The number of phenols is 1. The molecule has 1 aromatic rings. The molecule has 1 aromatic carbocycles. The molecule has 0 amide bonds. The first-order valence-electron chi connectivity index (χ1n) is 8.45. The van der Waals surface area contributed by atoms with Crippen LogP contribution in [0.5, 0.6) is 5.75 Å². The van der Waals surface area contributed by atoms with Gasteiger partial charge in [0.15, 0.2) is 0 Å².